The summed E-state index contributed by atoms with van der Waals surface area (Å²) < 4.78 is 1.44. The highest BCUT2D eigenvalue weighted by molar-refractivity contribution is 7.20. The second kappa shape index (κ2) is 4.64. The van der Waals surface area contributed by atoms with Crippen molar-refractivity contribution in [3.8, 4) is 0 Å². The largest absolute Gasteiger partial charge is 0.139 e. The summed E-state index contributed by atoms with van der Waals surface area (Å²) in [6.07, 6.45) is 0. The van der Waals surface area contributed by atoms with Crippen molar-refractivity contribution >= 4 is 32.2 Å². The summed E-state index contributed by atoms with van der Waals surface area (Å²) in [5.74, 6) is 1.21. The number of rotatable bonds is 2. The monoisotopic (exact) mass is 268 g/mol. The van der Waals surface area contributed by atoms with Crippen LogP contribution in [-0.2, 0) is 0 Å². The summed E-state index contributed by atoms with van der Waals surface area (Å²) in [6.45, 7) is 9.04. The van der Waals surface area contributed by atoms with E-state index in [4.69, 9.17) is 0 Å². The molecular weight excluding hydrogens is 248 g/mol. The standard InChI is InChI=1S/C18H20S/c1-11(2)13-7-8-16-14(9-13)5-6-15-10-17(12(3)4)19-18(15)16/h5-12H,1-4H3. The quantitative estimate of drug-likeness (QED) is 0.511. The Labute approximate surface area is 119 Å². The van der Waals surface area contributed by atoms with Crippen molar-refractivity contribution in [2.75, 3.05) is 0 Å². The molecule has 3 aromatic rings. The Morgan fingerprint density at radius 2 is 1.53 bits per heavy atom. The van der Waals surface area contributed by atoms with Gasteiger partial charge in [-0.1, -0.05) is 58.0 Å². The number of hydrogen-bond acceptors (Lipinski definition) is 1. The van der Waals surface area contributed by atoms with E-state index >= 15 is 0 Å². The second-order valence-corrected chi connectivity index (χ2v) is 7.01. The van der Waals surface area contributed by atoms with Crippen LogP contribution in [0.25, 0.3) is 20.9 Å². The van der Waals surface area contributed by atoms with Gasteiger partial charge in [0.15, 0.2) is 0 Å². The zero-order chi connectivity index (χ0) is 13.6. The van der Waals surface area contributed by atoms with Gasteiger partial charge in [-0.15, -0.1) is 11.3 Å². The third kappa shape index (κ3) is 2.17. The van der Waals surface area contributed by atoms with Crippen molar-refractivity contribution in [1.29, 1.82) is 0 Å². The van der Waals surface area contributed by atoms with E-state index in [1.807, 2.05) is 11.3 Å². The summed E-state index contributed by atoms with van der Waals surface area (Å²) in [5.41, 5.74) is 1.42. The van der Waals surface area contributed by atoms with Crippen LogP contribution in [0, 0.1) is 0 Å². The molecule has 0 aliphatic heterocycles. The van der Waals surface area contributed by atoms with Crippen LogP contribution in [0.1, 0.15) is 50.0 Å². The Balaban J connectivity index is 2.28. The Bertz CT molecular complexity index is 732. The molecule has 98 valence electrons. The molecule has 0 saturated carbocycles. The molecule has 0 fully saturated rings. The van der Waals surface area contributed by atoms with Crippen LogP contribution in [0.15, 0.2) is 36.4 Å². The van der Waals surface area contributed by atoms with Crippen LogP contribution >= 0.6 is 11.3 Å². The lowest BCUT2D eigenvalue weighted by Gasteiger charge is -2.07. The molecule has 1 aromatic heterocycles. The van der Waals surface area contributed by atoms with Gasteiger partial charge >= 0.3 is 0 Å². The van der Waals surface area contributed by atoms with Crippen molar-refractivity contribution in [3.05, 3.63) is 46.8 Å². The molecule has 0 saturated heterocycles. The fourth-order valence-electron chi connectivity index (χ4n) is 2.51. The molecule has 0 spiro atoms. The molecule has 0 bridgehead atoms. The topological polar surface area (TPSA) is 0 Å². The molecule has 2 aromatic carbocycles. The number of hydrogen-bond donors (Lipinski definition) is 0. The van der Waals surface area contributed by atoms with Crippen LogP contribution in [0.5, 0.6) is 0 Å². The summed E-state index contributed by atoms with van der Waals surface area (Å²) in [6, 6.07) is 13.8. The predicted molar refractivity (Wildman–Crippen MR) is 87.5 cm³/mol. The maximum atomic E-state index is 2.35. The Morgan fingerprint density at radius 3 is 2.21 bits per heavy atom. The molecule has 1 heterocycles. The summed E-state index contributed by atoms with van der Waals surface area (Å²) in [5, 5.41) is 4.16. The Morgan fingerprint density at radius 1 is 0.789 bits per heavy atom. The Kier molecular flexibility index (Phi) is 3.10. The van der Waals surface area contributed by atoms with Gasteiger partial charge in [-0.25, -0.2) is 0 Å². The molecule has 19 heavy (non-hydrogen) atoms. The lowest BCUT2D eigenvalue weighted by Crippen LogP contribution is -1.86. The number of fused-ring (bicyclic) bond motifs is 3. The smallest absolute Gasteiger partial charge is 0.0424 e. The summed E-state index contributed by atoms with van der Waals surface area (Å²) in [7, 11) is 0. The van der Waals surface area contributed by atoms with Gasteiger partial charge in [-0.3, -0.25) is 0 Å². The molecule has 3 rings (SSSR count). The third-order valence-corrected chi connectivity index (χ3v) is 5.26. The predicted octanol–water partition coefficient (Wildman–Crippen LogP) is 6.30. The minimum Gasteiger partial charge on any atom is -0.139 e. The van der Waals surface area contributed by atoms with E-state index in [2.05, 4.69) is 64.1 Å². The lowest BCUT2D eigenvalue weighted by atomic mass is 9.98. The van der Waals surface area contributed by atoms with E-state index in [-0.39, 0.29) is 0 Å². The van der Waals surface area contributed by atoms with Gasteiger partial charge < -0.3 is 0 Å². The first-order valence-corrected chi connectivity index (χ1v) is 7.84. The molecule has 0 aliphatic rings. The number of thiophene rings is 1. The SMILES string of the molecule is CC(C)c1ccc2c(ccc3cc(C(C)C)sc32)c1. The first kappa shape index (κ1) is 12.7. The van der Waals surface area contributed by atoms with E-state index in [9.17, 15) is 0 Å². The van der Waals surface area contributed by atoms with E-state index < -0.39 is 0 Å². The molecule has 0 nitrogen and oxygen atoms in total. The van der Waals surface area contributed by atoms with Crippen LogP contribution in [0.2, 0.25) is 0 Å². The third-order valence-electron chi connectivity index (χ3n) is 3.78. The zero-order valence-corrected chi connectivity index (χ0v) is 12.8. The van der Waals surface area contributed by atoms with Gasteiger partial charge in [0.2, 0.25) is 0 Å². The van der Waals surface area contributed by atoms with Crippen molar-refractivity contribution in [2.45, 2.75) is 39.5 Å². The average Bonchev–Trinajstić information content (AvgIpc) is 2.82. The molecule has 0 amide bonds. The van der Waals surface area contributed by atoms with Crippen LogP contribution < -0.4 is 0 Å². The number of benzene rings is 2. The van der Waals surface area contributed by atoms with Gasteiger partial charge in [0.25, 0.3) is 0 Å². The van der Waals surface area contributed by atoms with Crippen molar-refractivity contribution < 1.29 is 0 Å². The first-order valence-electron chi connectivity index (χ1n) is 7.02. The van der Waals surface area contributed by atoms with E-state index in [0.29, 0.717) is 11.8 Å². The van der Waals surface area contributed by atoms with Crippen LogP contribution in [0.4, 0.5) is 0 Å². The molecule has 0 atom stereocenters. The molecule has 0 radical (unpaired) electrons. The second-order valence-electron chi connectivity index (χ2n) is 5.92. The van der Waals surface area contributed by atoms with Gasteiger partial charge in [0.05, 0.1) is 0 Å². The fourth-order valence-corrected chi connectivity index (χ4v) is 3.71. The lowest BCUT2D eigenvalue weighted by molar-refractivity contribution is 0.869. The van der Waals surface area contributed by atoms with E-state index in [1.54, 1.807) is 0 Å². The maximum Gasteiger partial charge on any atom is 0.0424 e. The highest BCUT2D eigenvalue weighted by atomic mass is 32.1. The summed E-state index contributed by atoms with van der Waals surface area (Å²) in [4.78, 5) is 1.48. The molecule has 0 N–H and O–H groups in total. The minimum atomic E-state index is 0.592. The fraction of sp³-hybridized carbons (Fsp3) is 0.333. The normalized spacial score (nSPS) is 12.1. The van der Waals surface area contributed by atoms with Gasteiger partial charge in [0, 0.05) is 9.58 Å². The minimum absolute atomic E-state index is 0.592. The zero-order valence-electron chi connectivity index (χ0n) is 12.0. The molecule has 0 unspecified atom stereocenters. The molecule has 0 aliphatic carbocycles. The van der Waals surface area contributed by atoms with E-state index in [1.165, 1.54) is 31.3 Å². The van der Waals surface area contributed by atoms with Gasteiger partial charge in [0.1, 0.15) is 0 Å². The highest BCUT2D eigenvalue weighted by Crippen LogP contribution is 2.36. The molecule has 1 heteroatoms. The van der Waals surface area contributed by atoms with Gasteiger partial charge in [-0.2, -0.15) is 0 Å². The molecular formula is C18H20S. The van der Waals surface area contributed by atoms with Crippen molar-refractivity contribution in [2.24, 2.45) is 0 Å². The summed E-state index contributed by atoms with van der Waals surface area (Å²) >= 11 is 1.95. The maximum absolute atomic E-state index is 2.35. The van der Waals surface area contributed by atoms with Crippen LogP contribution in [0.3, 0.4) is 0 Å². The Hall–Kier alpha value is -1.34. The van der Waals surface area contributed by atoms with Crippen LogP contribution in [-0.4, -0.2) is 0 Å². The van der Waals surface area contributed by atoms with E-state index in [0.717, 1.165) is 0 Å². The van der Waals surface area contributed by atoms with Crippen molar-refractivity contribution in [1.82, 2.24) is 0 Å². The average molecular weight is 268 g/mol. The highest BCUT2D eigenvalue weighted by Gasteiger charge is 2.09. The van der Waals surface area contributed by atoms with Crippen molar-refractivity contribution in [3.63, 3.8) is 0 Å². The first-order chi connectivity index (χ1) is 9.06. The van der Waals surface area contributed by atoms with Gasteiger partial charge in [-0.05, 0) is 39.6 Å².